The summed E-state index contributed by atoms with van der Waals surface area (Å²) in [7, 11) is 2.14. The van der Waals surface area contributed by atoms with Gasteiger partial charge in [0, 0.05) is 12.6 Å². The molecule has 3 unspecified atom stereocenters. The first-order valence-electron chi connectivity index (χ1n) is 8.64. The molecule has 1 aliphatic carbocycles. The number of hydrogen-bond donors (Lipinski definition) is 1. The molecule has 1 aromatic carbocycles. The Morgan fingerprint density at radius 3 is 2.62 bits per heavy atom. The Hall–Kier alpha value is -0.860. The molecule has 0 amide bonds. The third-order valence-electron chi connectivity index (χ3n) is 5.74. The first-order valence-corrected chi connectivity index (χ1v) is 8.64. The summed E-state index contributed by atoms with van der Waals surface area (Å²) in [4.78, 5) is 0. The molecule has 116 valence electrons. The summed E-state index contributed by atoms with van der Waals surface area (Å²) in [6.45, 7) is 3.27. The molecule has 1 spiro atoms. The molecule has 2 nitrogen and oxygen atoms in total. The van der Waals surface area contributed by atoms with Crippen molar-refractivity contribution in [1.82, 2.24) is 5.32 Å². The summed E-state index contributed by atoms with van der Waals surface area (Å²) in [5.41, 5.74) is 1.72. The second-order valence-electron chi connectivity index (χ2n) is 6.88. The molecule has 3 rings (SSSR count). The molecule has 2 aliphatic rings. The van der Waals surface area contributed by atoms with Gasteiger partial charge >= 0.3 is 0 Å². The van der Waals surface area contributed by atoms with Crippen LogP contribution < -0.4 is 5.32 Å². The number of hydrogen-bond acceptors (Lipinski definition) is 2. The molecule has 1 N–H and O–H groups in total. The largest absolute Gasteiger partial charge is 0.375 e. The smallest absolute Gasteiger partial charge is 0.0685 e. The molecule has 0 radical (unpaired) electrons. The van der Waals surface area contributed by atoms with Gasteiger partial charge in [-0.05, 0) is 63.0 Å². The first kappa shape index (κ1) is 15.1. The summed E-state index contributed by atoms with van der Waals surface area (Å²) in [5.74, 6) is 1.35. The number of ether oxygens (including phenoxy) is 1. The lowest BCUT2D eigenvalue weighted by Gasteiger charge is -2.49. The van der Waals surface area contributed by atoms with Crippen LogP contribution >= 0.6 is 0 Å². The molecule has 0 bridgehead atoms. The Balaban J connectivity index is 1.76. The third kappa shape index (κ3) is 3.02. The zero-order valence-corrected chi connectivity index (χ0v) is 13.5. The van der Waals surface area contributed by atoms with E-state index in [4.69, 9.17) is 4.74 Å². The second-order valence-corrected chi connectivity index (χ2v) is 6.88. The molecule has 2 heteroatoms. The van der Waals surface area contributed by atoms with Gasteiger partial charge in [-0.15, -0.1) is 0 Å². The highest BCUT2D eigenvalue weighted by atomic mass is 16.5. The van der Waals surface area contributed by atoms with Crippen molar-refractivity contribution in [3.05, 3.63) is 35.9 Å². The van der Waals surface area contributed by atoms with Crippen LogP contribution in [0.3, 0.4) is 0 Å². The van der Waals surface area contributed by atoms with E-state index in [1.165, 1.54) is 44.1 Å². The van der Waals surface area contributed by atoms with E-state index >= 15 is 0 Å². The van der Waals surface area contributed by atoms with E-state index in [0.29, 0.717) is 12.0 Å². The van der Waals surface area contributed by atoms with Gasteiger partial charge in [0.25, 0.3) is 0 Å². The zero-order valence-electron chi connectivity index (χ0n) is 13.5. The molecule has 1 saturated heterocycles. The van der Waals surface area contributed by atoms with E-state index in [-0.39, 0.29) is 5.60 Å². The lowest BCUT2D eigenvalue weighted by Crippen LogP contribution is -2.51. The molecule has 2 fully saturated rings. The molecule has 1 saturated carbocycles. The van der Waals surface area contributed by atoms with Crippen molar-refractivity contribution < 1.29 is 4.74 Å². The number of nitrogens with one attached hydrogen (secondary N) is 1. The van der Waals surface area contributed by atoms with Crippen molar-refractivity contribution >= 4 is 0 Å². The topological polar surface area (TPSA) is 21.3 Å². The van der Waals surface area contributed by atoms with Crippen molar-refractivity contribution in [3.63, 3.8) is 0 Å². The average Bonchev–Trinajstić information content (AvgIpc) is 2.52. The zero-order chi connectivity index (χ0) is 14.7. The lowest BCUT2D eigenvalue weighted by atomic mass is 9.68. The van der Waals surface area contributed by atoms with E-state index in [9.17, 15) is 0 Å². The Morgan fingerprint density at radius 2 is 2.05 bits per heavy atom. The van der Waals surface area contributed by atoms with E-state index in [1.807, 2.05) is 0 Å². The molecule has 1 aromatic rings. The highest BCUT2D eigenvalue weighted by Crippen LogP contribution is 2.46. The van der Waals surface area contributed by atoms with Crippen LogP contribution in [-0.2, 0) is 4.74 Å². The highest BCUT2D eigenvalue weighted by molar-refractivity contribution is 5.22. The fraction of sp³-hybridized carbons (Fsp3) is 0.684. The fourth-order valence-electron chi connectivity index (χ4n) is 4.45. The van der Waals surface area contributed by atoms with E-state index in [2.05, 4.69) is 49.6 Å². The van der Waals surface area contributed by atoms with E-state index in [1.54, 1.807) is 0 Å². The van der Waals surface area contributed by atoms with Gasteiger partial charge in [-0.2, -0.15) is 0 Å². The van der Waals surface area contributed by atoms with Crippen molar-refractivity contribution in [1.29, 1.82) is 0 Å². The van der Waals surface area contributed by atoms with Crippen LogP contribution in [-0.4, -0.2) is 25.3 Å². The normalized spacial score (nSPS) is 27.0. The summed E-state index contributed by atoms with van der Waals surface area (Å²) >= 11 is 0. The van der Waals surface area contributed by atoms with Crippen molar-refractivity contribution in [2.45, 2.75) is 63.0 Å². The number of likely N-dealkylation sites (N-methyl/N-ethyl adjacent to an activating group) is 1. The minimum atomic E-state index is 0.243. The van der Waals surface area contributed by atoms with Crippen molar-refractivity contribution in [2.24, 2.45) is 5.92 Å². The lowest BCUT2D eigenvalue weighted by molar-refractivity contribution is -0.147. The minimum Gasteiger partial charge on any atom is -0.375 e. The monoisotopic (exact) mass is 287 g/mol. The molecule has 3 atom stereocenters. The molecule has 1 aliphatic heterocycles. The highest BCUT2D eigenvalue weighted by Gasteiger charge is 2.45. The van der Waals surface area contributed by atoms with Gasteiger partial charge in [0.2, 0.25) is 0 Å². The second kappa shape index (κ2) is 6.50. The molecule has 1 heterocycles. The molecular weight excluding hydrogens is 258 g/mol. The Bertz CT molecular complexity index is 440. The van der Waals surface area contributed by atoms with Crippen LogP contribution in [0.15, 0.2) is 30.3 Å². The molecule has 21 heavy (non-hydrogen) atoms. The Labute approximate surface area is 129 Å². The quantitative estimate of drug-likeness (QED) is 0.879. The minimum absolute atomic E-state index is 0.243. The van der Waals surface area contributed by atoms with Crippen molar-refractivity contribution in [3.8, 4) is 0 Å². The maximum Gasteiger partial charge on any atom is 0.0685 e. The van der Waals surface area contributed by atoms with Gasteiger partial charge in [0.05, 0.1) is 5.60 Å². The van der Waals surface area contributed by atoms with Crippen LogP contribution in [0.1, 0.15) is 56.9 Å². The van der Waals surface area contributed by atoms with Crippen molar-refractivity contribution in [2.75, 3.05) is 13.7 Å². The summed E-state index contributed by atoms with van der Waals surface area (Å²) < 4.78 is 6.12. The predicted octanol–water partition coefficient (Wildman–Crippen LogP) is 4.12. The van der Waals surface area contributed by atoms with Crippen LogP contribution in [0.4, 0.5) is 0 Å². The Morgan fingerprint density at radius 1 is 1.29 bits per heavy atom. The summed E-state index contributed by atoms with van der Waals surface area (Å²) in [6.07, 6.45) is 7.56. The first-order chi connectivity index (χ1) is 10.3. The van der Waals surface area contributed by atoms with E-state index in [0.717, 1.165) is 12.5 Å². The maximum atomic E-state index is 6.12. The predicted molar refractivity (Wildman–Crippen MR) is 87.6 cm³/mol. The van der Waals surface area contributed by atoms with Gasteiger partial charge in [-0.25, -0.2) is 0 Å². The maximum absolute atomic E-state index is 6.12. The van der Waals surface area contributed by atoms with Gasteiger partial charge in [0.15, 0.2) is 0 Å². The number of rotatable bonds is 5. The Kier molecular flexibility index (Phi) is 4.66. The van der Waals surface area contributed by atoms with Crippen LogP contribution in [0.5, 0.6) is 0 Å². The van der Waals surface area contributed by atoms with Gasteiger partial charge in [-0.1, -0.05) is 37.3 Å². The van der Waals surface area contributed by atoms with Crippen LogP contribution in [0.25, 0.3) is 0 Å². The van der Waals surface area contributed by atoms with Gasteiger partial charge in [-0.3, -0.25) is 0 Å². The van der Waals surface area contributed by atoms with Gasteiger partial charge in [0.1, 0.15) is 0 Å². The fourth-order valence-corrected chi connectivity index (χ4v) is 4.45. The SMILES string of the molecule is CCC(c1ccccc1)C(NC)C1CCOC2(CCC2)C1. The summed E-state index contributed by atoms with van der Waals surface area (Å²) in [6, 6.07) is 11.6. The number of benzene rings is 1. The standard InChI is InChI=1S/C19H29NO/c1-3-17(15-8-5-4-6-9-15)18(20-2)16-10-13-21-19(14-16)11-7-12-19/h4-6,8-9,16-18,20H,3,7,10-14H2,1-2H3. The van der Waals surface area contributed by atoms with Crippen LogP contribution in [0.2, 0.25) is 0 Å². The van der Waals surface area contributed by atoms with Gasteiger partial charge < -0.3 is 10.1 Å². The average molecular weight is 287 g/mol. The molecule has 0 aromatic heterocycles. The molecular formula is C19H29NO. The summed E-state index contributed by atoms with van der Waals surface area (Å²) in [5, 5.41) is 3.65. The van der Waals surface area contributed by atoms with E-state index < -0.39 is 0 Å². The van der Waals surface area contributed by atoms with Crippen LogP contribution in [0, 0.1) is 5.92 Å². The third-order valence-corrected chi connectivity index (χ3v) is 5.74.